The summed E-state index contributed by atoms with van der Waals surface area (Å²) in [6, 6.07) is 20.5. The summed E-state index contributed by atoms with van der Waals surface area (Å²) in [5.74, 6) is 0. The van der Waals surface area contributed by atoms with Crippen molar-refractivity contribution in [1.82, 2.24) is 0 Å². The van der Waals surface area contributed by atoms with Crippen molar-refractivity contribution in [3.05, 3.63) is 80.4 Å². The standard InChI is InChI=1S/C17H11Cl2I/c18-15-10-12(8-9-16(15)20)17(19)14-7-3-5-11-4-1-2-6-13(11)14/h1-10,17H. The molecular formula is C17H11Cl2I. The first-order chi connectivity index (χ1) is 9.66. The highest BCUT2D eigenvalue weighted by atomic mass is 127. The largest absolute Gasteiger partial charge is 0.113 e. The van der Waals surface area contributed by atoms with Gasteiger partial charge < -0.3 is 0 Å². The fourth-order valence-electron chi connectivity index (χ4n) is 2.32. The summed E-state index contributed by atoms with van der Waals surface area (Å²) >= 11 is 15.1. The van der Waals surface area contributed by atoms with Crippen LogP contribution in [0.1, 0.15) is 16.5 Å². The second-order valence-electron chi connectivity index (χ2n) is 4.60. The van der Waals surface area contributed by atoms with Crippen molar-refractivity contribution >= 4 is 56.6 Å². The molecule has 3 aromatic rings. The number of hydrogen-bond donors (Lipinski definition) is 0. The molecule has 0 aliphatic heterocycles. The van der Waals surface area contributed by atoms with E-state index in [0.717, 1.165) is 19.7 Å². The first kappa shape index (κ1) is 14.2. The fraction of sp³-hybridized carbons (Fsp3) is 0.0588. The second-order valence-corrected chi connectivity index (χ2v) is 6.61. The Morgan fingerprint density at radius 3 is 2.45 bits per heavy atom. The van der Waals surface area contributed by atoms with Crippen molar-refractivity contribution in [2.24, 2.45) is 0 Å². The van der Waals surface area contributed by atoms with Gasteiger partial charge in [0.15, 0.2) is 0 Å². The van der Waals surface area contributed by atoms with Crippen LogP contribution in [0, 0.1) is 3.57 Å². The van der Waals surface area contributed by atoms with Crippen molar-refractivity contribution < 1.29 is 0 Å². The summed E-state index contributed by atoms with van der Waals surface area (Å²) in [4.78, 5) is 0. The van der Waals surface area contributed by atoms with E-state index in [1.807, 2.05) is 36.4 Å². The van der Waals surface area contributed by atoms with Crippen LogP contribution in [0.2, 0.25) is 5.02 Å². The Kier molecular flexibility index (Phi) is 4.20. The first-order valence-corrected chi connectivity index (χ1v) is 8.13. The molecule has 0 nitrogen and oxygen atoms in total. The minimum atomic E-state index is -0.199. The van der Waals surface area contributed by atoms with Crippen molar-refractivity contribution in [2.75, 3.05) is 0 Å². The van der Waals surface area contributed by atoms with Gasteiger partial charge in [0.1, 0.15) is 0 Å². The van der Waals surface area contributed by atoms with Crippen LogP contribution in [-0.2, 0) is 0 Å². The van der Waals surface area contributed by atoms with Gasteiger partial charge in [0, 0.05) is 3.57 Å². The maximum Gasteiger partial charge on any atom is 0.0841 e. The van der Waals surface area contributed by atoms with E-state index in [4.69, 9.17) is 23.2 Å². The molecule has 0 spiro atoms. The number of rotatable bonds is 2. The fourth-order valence-corrected chi connectivity index (χ4v) is 3.17. The van der Waals surface area contributed by atoms with Crippen LogP contribution in [0.15, 0.2) is 60.7 Å². The van der Waals surface area contributed by atoms with Crippen LogP contribution < -0.4 is 0 Å². The van der Waals surface area contributed by atoms with Crippen LogP contribution in [-0.4, -0.2) is 0 Å². The lowest BCUT2D eigenvalue weighted by atomic mass is 9.98. The minimum absolute atomic E-state index is 0.199. The van der Waals surface area contributed by atoms with E-state index < -0.39 is 0 Å². The Balaban J connectivity index is 2.12. The monoisotopic (exact) mass is 412 g/mol. The molecule has 3 heteroatoms. The summed E-state index contributed by atoms with van der Waals surface area (Å²) in [5, 5.41) is 2.93. The molecule has 0 aliphatic carbocycles. The third-order valence-electron chi connectivity index (χ3n) is 3.33. The Bertz CT molecular complexity index is 763. The number of fused-ring (bicyclic) bond motifs is 1. The van der Waals surface area contributed by atoms with Gasteiger partial charge >= 0.3 is 0 Å². The second kappa shape index (κ2) is 5.92. The van der Waals surface area contributed by atoms with Crippen molar-refractivity contribution in [3.8, 4) is 0 Å². The SMILES string of the molecule is Clc1cc(C(Cl)c2cccc3ccccc23)ccc1I. The molecule has 0 N–H and O–H groups in total. The maximum absolute atomic E-state index is 6.67. The van der Waals surface area contributed by atoms with Crippen molar-refractivity contribution in [3.63, 3.8) is 0 Å². The predicted molar refractivity (Wildman–Crippen MR) is 95.8 cm³/mol. The molecule has 3 aromatic carbocycles. The molecule has 0 saturated heterocycles. The van der Waals surface area contributed by atoms with E-state index in [0.29, 0.717) is 0 Å². The Morgan fingerprint density at radius 1 is 0.900 bits per heavy atom. The van der Waals surface area contributed by atoms with Crippen LogP contribution in [0.5, 0.6) is 0 Å². The zero-order valence-electron chi connectivity index (χ0n) is 10.5. The highest BCUT2D eigenvalue weighted by molar-refractivity contribution is 14.1. The molecule has 0 heterocycles. The molecule has 0 aromatic heterocycles. The van der Waals surface area contributed by atoms with Gasteiger partial charge in [-0.15, -0.1) is 11.6 Å². The first-order valence-electron chi connectivity index (χ1n) is 6.23. The lowest BCUT2D eigenvalue weighted by Gasteiger charge is -2.14. The van der Waals surface area contributed by atoms with Crippen LogP contribution >= 0.6 is 45.8 Å². The number of benzene rings is 3. The van der Waals surface area contributed by atoms with E-state index in [1.165, 1.54) is 10.8 Å². The van der Waals surface area contributed by atoms with Crippen molar-refractivity contribution in [1.29, 1.82) is 0 Å². The number of hydrogen-bond acceptors (Lipinski definition) is 0. The van der Waals surface area contributed by atoms with Gasteiger partial charge in [0.25, 0.3) is 0 Å². The Hall–Kier alpha value is -0.770. The molecule has 0 radical (unpaired) electrons. The maximum atomic E-state index is 6.67. The zero-order chi connectivity index (χ0) is 14.1. The number of alkyl halides is 1. The average molecular weight is 413 g/mol. The minimum Gasteiger partial charge on any atom is -0.113 e. The van der Waals surface area contributed by atoms with Gasteiger partial charge in [-0.3, -0.25) is 0 Å². The molecule has 1 atom stereocenters. The van der Waals surface area contributed by atoms with Gasteiger partial charge in [0.05, 0.1) is 10.4 Å². The zero-order valence-corrected chi connectivity index (χ0v) is 14.2. The van der Waals surface area contributed by atoms with E-state index in [9.17, 15) is 0 Å². The Labute approximate surface area is 141 Å². The molecular weight excluding hydrogens is 402 g/mol. The van der Waals surface area contributed by atoms with Gasteiger partial charge in [-0.2, -0.15) is 0 Å². The molecule has 0 aliphatic rings. The third-order valence-corrected chi connectivity index (χ3v) is 5.39. The molecule has 100 valence electrons. The van der Waals surface area contributed by atoms with Crippen LogP contribution in [0.4, 0.5) is 0 Å². The molecule has 0 fully saturated rings. The topological polar surface area (TPSA) is 0 Å². The van der Waals surface area contributed by atoms with Crippen LogP contribution in [0.3, 0.4) is 0 Å². The quantitative estimate of drug-likeness (QED) is 0.336. The Morgan fingerprint density at radius 2 is 1.65 bits per heavy atom. The summed E-state index contributed by atoms with van der Waals surface area (Å²) in [6.45, 7) is 0. The predicted octanol–water partition coefficient (Wildman–Crippen LogP) is 6.43. The van der Waals surface area contributed by atoms with Crippen LogP contribution in [0.25, 0.3) is 10.8 Å². The lowest BCUT2D eigenvalue weighted by Crippen LogP contribution is -1.95. The molecule has 3 rings (SSSR count). The van der Waals surface area contributed by atoms with E-state index in [2.05, 4.69) is 46.9 Å². The lowest BCUT2D eigenvalue weighted by molar-refractivity contribution is 1.16. The van der Waals surface area contributed by atoms with Crippen molar-refractivity contribution in [2.45, 2.75) is 5.38 Å². The number of halogens is 3. The molecule has 20 heavy (non-hydrogen) atoms. The molecule has 1 unspecified atom stereocenters. The van der Waals surface area contributed by atoms with E-state index >= 15 is 0 Å². The average Bonchev–Trinajstić information content (AvgIpc) is 2.49. The normalized spacial score (nSPS) is 12.6. The van der Waals surface area contributed by atoms with E-state index in [-0.39, 0.29) is 5.38 Å². The third kappa shape index (κ3) is 2.67. The smallest absolute Gasteiger partial charge is 0.0841 e. The summed E-state index contributed by atoms with van der Waals surface area (Å²) in [6.07, 6.45) is 0. The summed E-state index contributed by atoms with van der Waals surface area (Å²) in [5.41, 5.74) is 2.13. The van der Waals surface area contributed by atoms with E-state index in [1.54, 1.807) is 0 Å². The van der Waals surface area contributed by atoms with Gasteiger partial charge in [-0.05, 0) is 56.6 Å². The van der Waals surface area contributed by atoms with Gasteiger partial charge in [-0.25, -0.2) is 0 Å². The van der Waals surface area contributed by atoms with Gasteiger partial charge in [0.2, 0.25) is 0 Å². The molecule has 0 saturated carbocycles. The molecule has 0 amide bonds. The summed E-state index contributed by atoms with van der Waals surface area (Å²) in [7, 11) is 0. The highest BCUT2D eigenvalue weighted by Crippen LogP contribution is 2.35. The molecule has 0 bridgehead atoms. The highest BCUT2D eigenvalue weighted by Gasteiger charge is 2.14. The van der Waals surface area contributed by atoms with Gasteiger partial charge in [-0.1, -0.05) is 60.1 Å². The summed E-state index contributed by atoms with van der Waals surface area (Å²) < 4.78 is 1.04.